The largest absolute Gasteiger partial charge is 0.347 e. The highest BCUT2D eigenvalue weighted by atomic mass is 16.2. The van der Waals surface area contributed by atoms with Crippen LogP contribution in [0.4, 0.5) is 0 Å². The van der Waals surface area contributed by atoms with Gasteiger partial charge in [-0.15, -0.1) is 10.2 Å². The van der Waals surface area contributed by atoms with E-state index in [0.717, 1.165) is 31.3 Å². The molecule has 2 heterocycles. The quantitative estimate of drug-likeness (QED) is 0.846. The van der Waals surface area contributed by atoms with E-state index in [2.05, 4.69) is 15.5 Å². The second kappa shape index (κ2) is 4.62. The molecule has 1 fully saturated rings. The topological polar surface area (TPSA) is 85.3 Å². The number of hydrogen-bond acceptors (Lipinski definition) is 4. The molecule has 6 heteroatoms. The van der Waals surface area contributed by atoms with Crippen molar-refractivity contribution in [2.24, 2.45) is 5.73 Å². The second-order valence-electron chi connectivity index (χ2n) is 5.09. The Labute approximate surface area is 111 Å². The Balaban J connectivity index is 1.71. The molecule has 19 heavy (non-hydrogen) atoms. The zero-order valence-electron chi connectivity index (χ0n) is 10.7. The summed E-state index contributed by atoms with van der Waals surface area (Å²) < 4.78 is 1.86. The van der Waals surface area contributed by atoms with Crippen LogP contribution in [0.2, 0.25) is 0 Å². The first-order valence-corrected chi connectivity index (χ1v) is 6.55. The van der Waals surface area contributed by atoms with Crippen LogP contribution < -0.4 is 11.1 Å². The van der Waals surface area contributed by atoms with Gasteiger partial charge in [-0.3, -0.25) is 9.20 Å². The fourth-order valence-corrected chi connectivity index (χ4v) is 2.58. The lowest BCUT2D eigenvalue weighted by molar-refractivity contribution is -0.126. The summed E-state index contributed by atoms with van der Waals surface area (Å²) in [6.07, 6.45) is 5.46. The summed E-state index contributed by atoms with van der Waals surface area (Å²) >= 11 is 0. The zero-order valence-corrected chi connectivity index (χ0v) is 10.7. The Morgan fingerprint density at radius 1 is 1.37 bits per heavy atom. The van der Waals surface area contributed by atoms with Crippen LogP contribution in [-0.2, 0) is 11.3 Å². The van der Waals surface area contributed by atoms with Gasteiger partial charge in [-0.05, 0) is 25.0 Å². The molecule has 0 saturated heterocycles. The van der Waals surface area contributed by atoms with Gasteiger partial charge < -0.3 is 11.1 Å². The standard InChI is InChI=1S/C13H17N5O/c14-13(6-2-3-7-13)12(19)15-9-11-17-16-10-5-1-4-8-18(10)11/h1,4-5,8H,2-3,6-7,9,14H2,(H,15,19). The third-order valence-corrected chi connectivity index (χ3v) is 3.74. The number of nitrogens with zero attached hydrogens (tertiary/aromatic N) is 3. The summed E-state index contributed by atoms with van der Waals surface area (Å²) in [6.45, 7) is 0.350. The molecular weight excluding hydrogens is 242 g/mol. The molecule has 0 atom stereocenters. The molecule has 2 aromatic rings. The Bertz CT molecular complexity index is 600. The Kier molecular flexibility index (Phi) is 2.94. The lowest BCUT2D eigenvalue weighted by Gasteiger charge is -2.21. The van der Waals surface area contributed by atoms with Gasteiger partial charge >= 0.3 is 0 Å². The van der Waals surface area contributed by atoms with Gasteiger partial charge in [-0.1, -0.05) is 18.9 Å². The lowest BCUT2D eigenvalue weighted by Crippen LogP contribution is -2.51. The maximum absolute atomic E-state index is 12.1. The van der Waals surface area contributed by atoms with Crippen molar-refractivity contribution in [1.82, 2.24) is 19.9 Å². The van der Waals surface area contributed by atoms with Gasteiger partial charge in [0.2, 0.25) is 5.91 Å². The summed E-state index contributed by atoms with van der Waals surface area (Å²) in [4.78, 5) is 12.1. The molecule has 3 rings (SSSR count). The molecule has 1 amide bonds. The first kappa shape index (κ1) is 12.1. The molecule has 0 spiro atoms. The molecule has 0 aliphatic heterocycles. The number of fused-ring (bicyclic) bond motifs is 1. The van der Waals surface area contributed by atoms with Crippen molar-refractivity contribution in [1.29, 1.82) is 0 Å². The maximum atomic E-state index is 12.1. The van der Waals surface area contributed by atoms with E-state index in [1.165, 1.54) is 0 Å². The number of carbonyl (C=O) groups is 1. The number of rotatable bonds is 3. The summed E-state index contributed by atoms with van der Waals surface area (Å²) in [5, 5.41) is 11.0. The molecule has 6 nitrogen and oxygen atoms in total. The minimum atomic E-state index is -0.694. The average Bonchev–Trinajstić information content (AvgIpc) is 3.03. The van der Waals surface area contributed by atoms with Gasteiger partial charge in [-0.25, -0.2) is 0 Å². The van der Waals surface area contributed by atoms with E-state index >= 15 is 0 Å². The summed E-state index contributed by atoms with van der Waals surface area (Å²) in [7, 11) is 0. The van der Waals surface area contributed by atoms with Crippen molar-refractivity contribution in [2.75, 3.05) is 0 Å². The molecule has 100 valence electrons. The zero-order chi connectivity index (χ0) is 13.3. The van der Waals surface area contributed by atoms with Gasteiger partial charge in [0.1, 0.15) is 0 Å². The second-order valence-corrected chi connectivity index (χ2v) is 5.09. The molecule has 1 aliphatic rings. The van der Waals surface area contributed by atoms with Crippen LogP contribution in [0.3, 0.4) is 0 Å². The number of amides is 1. The highest BCUT2D eigenvalue weighted by Gasteiger charge is 2.36. The number of nitrogens with one attached hydrogen (secondary N) is 1. The number of nitrogens with two attached hydrogens (primary N) is 1. The van der Waals surface area contributed by atoms with Crippen LogP contribution in [0, 0.1) is 0 Å². The minimum absolute atomic E-state index is 0.0855. The van der Waals surface area contributed by atoms with E-state index in [1.54, 1.807) is 0 Å². The molecular formula is C13H17N5O. The monoisotopic (exact) mass is 259 g/mol. The Hall–Kier alpha value is -1.95. The van der Waals surface area contributed by atoms with Crippen LogP contribution in [0.1, 0.15) is 31.5 Å². The normalized spacial score (nSPS) is 17.7. The van der Waals surface area contributed by atoms with Crippen LogP contribution in [0.15, 0.2) is 24.4 Å². The smallest absolute Gasteiger partial charge is 0.240 e. The van der Waals surface area contributed by atoms with Gasteiger partial charge in [0.05, 0.1) is 12.1 Å². The predicted octanol–water partition coefficient (Wildman–Crippen LogP) is 0.617. The van der Waals surface area contributed by atoms with Crippen molar-refractivity contribution in [3.05, 3.63) is 30.2 Å². The third-order valence-electron chi connectivity index (χ3n) is 3.74. The molecule has 0 unspecified atom stereocenters. The van der Waals surface area contributed by atoms with Crippen LogP contribution in [0.25, 0.3) is 5.65 Å². The highest BCUT2D eigenvalue weighted by Crippen LogP contribution is 2.27. The maximum Gasteiger partial charge on any atom is 0.240 e. The third kappa shape index (κ3) is 2.19. The fraction of sp³-hybridized carbons (Fsp3) is 0.462. The van der Waals surface area contributed by atoms with Crippen molar-refractivity contribution in [2.45, 2.75) is 37.8 Å². The van der Waals surface area contributed by atoms with Crippen LogP contribution in [0.5, 0.6) is 0 Å². The number of aromatic nitrogens is 3. The lowest BCUT2D eigenvalue weighted by atomic mass is 9.98. The van der Waals surface area contributed by atoms with Gasteiger partial charge in [0.15, 0.2) is 11.5 Å². The number of pyridine rings is 1. The van der Waals surface area contributed by atoms with Crippen molar-refractivity contribution in [3.8, 4) is 0 Å². The molecule has 2 aromatic heterocycles. The summed E-state index contributed by atoms with van der Waals surface area (Å²) in [5.41, 5.74) is 6.18. The van der Waals surface area contributed by atoms with Crippen molar-refractivity contribution in [3.63, 3.8) is 0 Å². The van der Waals surface area contributed by atoms with Crippen molar-refractivity contribution >= 4 is 11.6 Å². The average molecular weight is 259 g/mol. The van der Waals surface area contributed by atoms with E-state index in [0.29, 0.717) is 12.4 Å². The van der Waals surface area contributed by atoms with Crippen LogP contribution >= 0.6 is 0 Å². The van der Waals surface area contributed by atoms with Gasteiger partial charge in [0, 0.05) is 6.20 Å². The number of carbonyl (C=O) groups excluding carboxylic acids is 1. The van der Waals surface area contributed by atoms with Crippen LogP contribution in [-0.4, -0.2) is 26.0 Å². The molecule has 0 aromatic carbocycles. The predicted molar refractivity (Wildman–Crippen MR) is 70.2 cm³/mol. The highest BCUT2D eigenvalue weighted by molar-refractivity contribution is 5.86. The van der Waals surface area contributed by atoms with Gasteiger partial charge in [-0.2, -0.15) is 0 Å². The summed E-state index contributed by atoms with van der Waals surface area (Å²) in [6, 6.07) is 5.68. The molecule has 1 aliphatic carbocycles. The van der Waals surface area contributed by atoms with E-state index in [-0.39, 0.29) is 5.91 Å². The van der Waals surface area contributed by atoms with E-state index in [1.807, 2.05) is 28.8 Å². The first-order valence-electron chi connectivity index (χ1n) is 6.55. The molecule has 3 N–H and O–H groups in total. The van der Waals surface area contributed by atoms with Crippen molar-refractivity contribution < 1.29 is 4.79 Å². The molecule has 0 bridgehead atoms. The number of hydrogen-bond donors (Lipinski definition) is 2. The van der Waals surface area contributed by atoms with E-state index in [9.17, 15) is 4.79 Å². The summed E-state index contributed by atoms with van der Waals surface area (Å²) in [5.74, 6) is 0.628. The first-order chi connectivity index (χ1) is 9.19. The SMILES string of the molecule is NC1(C(=O)NCc2nnc3ccccn23)CCCC1. The fourth-order valence-electron chi connectivity index (χ4n) is 2.58. The Morgan fingerprint density at radius 2 is 2.16 bits per heavy atom. The van der Waals surface area contributed by atoms with Gasteiger partial charge in [0.25, 0.3) is 0 Å². The van der Waals surface area contributed by atoms with E-state index < -0.39 is 5.54 Å². The molecule has 1 saturated carbocycles. The minimum Gasteiger partial charge on any atom is -0.347 e. The van der Waals surface area contributed by atoms with E-state index in [4.69, 9.17) is 5.73 Å². The molecule has 0 radical (unpaired) electrons. The Morgan fingerprint density at radius 3 is 2.95 bits per heavy atom.